The number of aldehydes is 1. The zero-order valence-electron chi connectivity index (χ0n) is 20.2. The summed E-state index contributed by atoms with van der Waals surface area (Å²) in [6.45, 7) is 11.7. The molecule has 0 bridgehead atoms. The molecule has 3 saturated heterocycles. The fourth-order valence-corrected chi connectivity index (χ4v) is 5.02. The van der Waals surface area contributed by atoms with Gasteiger partial charge in [-0.1, -0.05) is 32.9 Å². The molecule has 0 aliphatic carbocycles. The van der Waals surface area contributed by atoms with E-state index in [1.54, 1.807) is 7.11 Å². The zero-order valence-corrected chi connectivity index (χ0v) is 20.2. The molecule has 188 valence electrons. The minimum absolute atomic E-state index is 0.0582. The Hall–Kier alpha value is -1.40. The van der Waals surface area contributed by atoms with Gasteiger partial charge in [0.25, 0.3) is 5.91 Å². The molecule has 3 aliphatic rings. The van der Waals surface area contributed by atoms with Crippen molar-refractivity contribution in [1.82, 2.24) is 5.32 Å². The molecular formula is C23H37NO9. The van der Waals surface area contributed by atoms with Crippen LogP contribution in [0.3, 0.4) is 0 Å². The van der Waals surface area contributed by atoms with Crippen LogP contribution >= 0.6 is 0 Å². The van der Waals surface area contributed by atoms with E-state index in [1.807, 2.05) is 27.7 Å². The molecule has 0 aromatic carbocycles. The van der Waals surface area contributed by atoms with Crippen LogP contribution in [0.15, 0.2) is 12.2 Å². The number of fused-ring (bicyclic) bond motifs is 1. The molecule has 3 rings (SSSR count). The van der Waals surface area contributed by atoms with Crippen LogP contribution in [0.25, 0.3) is 0 Å². The number of hydrogen-bond acceptors (Lipinski definition) is 9. The minimum Gasteiger partial charge on any atom is -0.378 e. The van der Waals surface area contributed by atoms with Gasteiger partial charge in [0, 0.05) is 38.4 Å². The maximum absolute atomic E-state index is 13.1. The number of aliphatic hydroxyl groups excluding tert-OH is 1. The van der Waals surface area contributed by atoms with Gasteiger partial charge in [0.05, 0.1) is 18.3 Å². The van der Waals surface area contributed by atoms with Gasteiger partial charge in [-0.3, -0.25) is 4.79 Å². The SMILES string of the molecule is C=C1C[C@](OC)([C@H](O)C(=O)N[C@@H]2OCO[C@H]3[C@@H]2O[C@H](CC=O)C(C)(C)[C@@H]3OC)O[C@H](C)[C@@H]1C. The van der Waals surface area contributed by atoms with Gasteiger partial charge in [-0.05, 0) is 6.92 Å². The lowest BCUT2D eigenvalue weighted by Gasteiger charge is -2.53. The highest BCUT2D eigenvalue weighted by molar-refractivity contribution is 5.82. The zero-order chi connectivity index (χ0) is 24.6. The van der Waals surface area contributed by atoms with Crippen LogP contribution in [0.2, 0.25) is 0 Å². The number of methoxy groups -OCH3 is 2. The second-order valence-corrected chi connectivity index (χ2v) is 9.68. The van der Waals surface area contributed by atoms with Gasteiger partial charge in [0.1, 0.15) is 25.3 Å². The molecule has 9 atom stereocenters. The van der Waals surface area contributed by atoms with E-state index in [1.165, 1.54) is 7.11 Å². The Bertz CT molecular complexity index is 743. The molecule has 10 heteroatoms. The van der Waals surface area contributed by atoms with Crippen molar-refractivity contribution in [3.63, 3.8) is 0 Å². The average Bonchev–Trinajstić information content (AvgIpc) is 2.77. The van der Waals surface area contributed by atoms with Crippen LogP contribution in [0.5, 0.6) is 0 Å². The summed E-state index contributed by atoms with van der Waals surface area (Å²) in [7, 11) is 2.95. The molecular weight excluding hydrogens is 434 g/mol. The van der Waals surface area contributed by atoms with E-state index in [-0.39, 0.29) is 31.7 Å². The molecule has 0 radical (unpaired) electrons. The van der Waals surface area contributed by atoms with Gasteiger partial charge in [-0.25, -0.2) is 0 Å². The average molecular weight is 472 g/mol. The van der Waals surface area contributed by atoms with Gasteiger partial charge >= 0.3 is 0 Å². The molecule has 3 aliphatic heterocycles. The number of aliphatic hydroxyl groups is 1. The van der Waals surface area contributed by atoms with E-state index < -0.39 is 53.9 Å². The Kier molecular flexibility index (Phi) is 8.00. The first-order valence-electron chi connectivity index (χ1n) is 11.3. The minimum atomic E-state index is -1.65. The first kappa shape index (κ1) is 26.2. The Morgan fingerprint density at radius 1 is 1.30 bits per heavy atom. The molecule has 0 saturated carbocycles. The van der Waals surface area contributed by atoms with Gasteiger partial charge in [-0.2, -0.15) is 0 Å². The van der Waals surface area contributed by atoms with Crippen molar-refractivity contribution in [3.8, 4) is 0 Å². The third kappa shape index (κ3) is 4.75. The molecule has 0 unspecified atom stereocenters. The van der Waals surface area contributed by atoms with E-state index in [2.05, 4.69) is 11.9 Å². The Labute approximate surface area is 194 Å². The smallest absolute Gasteiger partial charge is 0.256 e. The number of carbonyl (C=O) groups excluding carboxylic acids is 2. The number of amides is 1. The summed E-state index contributed by atoms with van der Waals surface area (Å²) in [5.74, 6) is -2.25. The topological polar surface area (TPSA) is 122 Å². The monoisotopic (exact) mass is 471 g/mol. The summed E-state index contributed by atoms with van der Waals surface area (Å²) in [6, 6.07) is 0. The Morgan fingerprint density at radius 2 is 2.00 bits per heavy atom. The van der Waals surface area contributed by atoms with Crippen molar-refractivity contribution < 1.29 is 43.1 Å². The van der Waals surface area contributed by atoms with Crippen molar-refractivity contribution in [2.45, 2.75) is 89.2 Å². The van der Waals surface area contributed by atoms with Crippen molar-refractivity contribution >= 4 is 12.2 Å². The quantitative estimate of drug-likeness (QED) is 0.412. The van der Waals surface area contributed by atoms with Crippen LogP contribution in [0.1, 0.15) is 40.5 Å². The van der Waals surface area contributed by atoms with E-state index in [4.69, 9.17) is 28.4 Å². The molecule has 1 amide bonds. The van der Waals surface area contributed by atoms with E-state index in [0.717, 1.165) is 11.9 Å². The van der Waals surface area contributed by atoms with Crippen molar-refractivity contribution in [3.05, 3.63) is 12.2 Å². The highest BCUT2D eigenvalue weighted by Crippen LogP contribution is 2.43. The second kappa shape index (κ2) is 10.1. The van der Waals surface area contributed by atoms with Crippen molar-refractivity contribution in [2.24, 2.45) is 11.3 Å². The lowest BCUT2D eigenvalue weighted by atomic mass is 9.73. The summed E-state index contributed by atoms with van der Waals surface area (Å²) < 4.78 is 34.8. The van der Waals surface area contributed by atoms with E-state index in [9.17, 15) is 14.7 Å². The predicted molar refractivity (Wildman–Crippen MR) is 116 cm³/mol. The standard InChI is InChI=1S/C23H37NO9/c1-12-10-23(29-7,33-14(3)13(12)2)18(26)20(27)24-21-17-16(30-11-31-21)19(28-6)22(4,5)15(32-17)8-9-25/h9,13-19,21,26H,1,8,10-11H2,2-7H3,(H,24,27)/t13-,14-,15-,16+,17+,18-,19-,21-,23-/m1/s1. The normalized spacial score (nSPS) is 41.7. The third-order valence-corrected chi connectivity index (χ3v) is 7.38. The van der Waals surface area contributed by atoms with Crippen LogP contribution in [-0.4, -0.2) is 87.0 Å². The number of nitrogens with one attached hydrogen (secondary N) is 1. The highest BCUT2D eigenvalue weighted by Gasteiger charge is 2.56. The maximum atomic E-state index is 13.1. The van der Waals surface area contributed by atoms with E-state index >= 15 is 0 Å². The lowest BCUT2D eigenvalue weighted by Crippen LogP contribution is -2.69. The highest BCUT2D eigenvalue weighted by atomic mass is 16.7. The molecule has 0 aromatic rings. The lowest BCUT2D eigenvalue weighted by molar-refractivity contribution is -0.330. The molecule has 0 aromatic heterocycles. The number of rotatable bonds is 7. The van der Waals surface area contributed by atoms with Crippen molar-refractivity contribution in [2.75, 3.05) is 21.0 Å². The van der Waals surface area contributed by atoms with Crippen LogP contribution < -0.4 is 5.32 Å². The molecule has 33 heavy (non-hydrogen) atoms. The third-order valence-electron chi connectivity index (χ3n) is 7.38. The summed E-state index contributed by atoms with van der Waals surface area (Å²) in [4.78, 5) is 24.4. The van der Waals surface area contributed by atoms with Crippen LogP contribution in [0, 0.1) is 11.3 Å². The first-order chi connectivity index (χ1) is 15.5. The summed E-state index contributed by atoms with van der Waals surface area (Å²) in [5.41, 5.74) is 0.299. The maximum Gasteiger partial charge on any atom is 0.256 e. The second-order valence-electron chi connectivity index (χ2n) is 9.68. The number of ether oxygens (including phenoxy) is 6. The molecule has 0 spiro atoms. The number of hydrogen-bond donors (Lipinski definition) is 2. The number of carbonyl (C=O) groups is 2. The fourth-order valence-electron chi connectivity index (χ4n) is 5.02. The van der Waals surface area contributed by atoms with Gasteiger partial charge in [0.2, 0.25) is 5.79 Å². The van der Waals surface area contributed by atoms with Gasteiger partial charge in [0.15, 0.2) is 12.3 Å². The van der Waals surface area contributed by atoms with Crippen LogP contribution in [0.4, 0.5) is 0 Å². The predicted octanol–water partition coefficient (Wildman–Crippen LogP) is 0.904. The van der Waals surface area contributed by atoms with Gasteiger partial charge in [-0.15, -0.1) is 0 Å². The Balaban J connectivity index is 1.78. The van der Waals surface area contributed by atoms with Gasteiger partial charge < -0.3 is 43.6 Å². The molecule has 2 N–H and O–H groups in total. The van der Waals surface area contributed by atoms with E-state index in [0.29, 0.717) is 0 Å². The summed E-state index contributed by atoms with van der Waals surface area (Å²) >= 11 is 0. The summed E-state index contributed by atoms with van der Waals surface area (Å²) in [5, 5.41) is 13.7. The van der Waals surface area contributed by atoms with Crippen molar-refractivity contribution in [1.29, 1.82) is 0 Å². The molecule has 3 heterocycles. The summed E-state index contributed by atoms with van der Waals surface area (Å²) in [6.07, 6.45) is -3.97. The molecule has 10 nitrogen and oxygen atoms in total. The molecule has 3 fully saturated rings. The fraction of sp³-hybridized carbons (Fsp3) is 0.826. The first-order valence-corrected chi connectivity index (χ1v) is 11.3. The largest absolute Gasteiger partial charge is 0.378 e. The Morgan fingerprint density at radius 3 is 2.58 bits per heavy atom. The van der Waals surface area contributed by atoms with Crippen LogP contribution in [-0.2, 0) is 38.0 Å².